The third-order valence-corrected chi connectivity index (χ3v) is 5.99. The molecule has 0 aliphatic heterocycles. The maximum absolute atomic E-state index is 12.3. The van der Waals surface area contributed by atoms with E-state index in [-0.39, 0.29) is 19.1 Å². The highest BCUT2D eigenvalue weighted by Gasteiger charge is 2.28. The van der Waals surface area contributed by atoms with Gasteiger partial charge < -0.3 is 14.8 Å². The molecule has 5 rings (SSSR count). The molecule has 1 aliphatic carbocycles. The molecule has 0 fully saturated rings. The van der Waals surface area contributed by atoms with Gasteiger partial charge in [-0.2, -0.15) is 0 Å². The van der Waals surface area contributed by atoms with Crippen LogP contribution in [0.5, 0.6) is 5.75 Å². The second-order valence-electron chi connectivity index (χ2n) is 7.84. The molecular formula is C29H23NO3. The minimum absolute atomic E-state index is 0.0363. The van der Waals surface area contributed by atoms with E-state index in [1.165, 1.54) is 22.3 Å². The molecule has 4 aromatic carbocycles. The Bertz CT molecular complexity index is 1350. The number of alkyl carbamates (subject to hydrolysis) is 1. The zero-order valence-electron chi connectivity index (χ0n) is 18.3. The van der Waals surface area contributed by atoms with Crippen molar-refractivity contribution < 1.29 is 14.3 Å². The minimum Gasteiger partial charge on any atom is -0.495 e. The quantitative estimate of drug-likeness (QED) is 0.418. The van der Waals surface area contributed by atoms with E-state index in [4.69, 9.17) is 9.47 Å². The van der Waals surface area contributed by atoms with Crippen LogP contribution >= 0.6 is 0 Å². The Morgan fingerprint density at radius 1 is 0.879 bits per heavy atom. The van der Waals surface area contributed by atoms with Crippen LogP contribution in [0.4, 0.5) is 4.79 Å². The number of hydrogen-bond acceptors (Lipinski definition) is 3. The molecule has 0 atom stereocenters. The van der Waals surface area contributed by atoms with E-state index in [1.807, 2.05) is 60.7 Å². The standard InChI is InChI=1S/C29H23NO3/c1-32-28-17-16-20-9-2-3-10-21(20)26(28)15-8-18-30-29(31)33-19-27-24-13-6-4-11-22(24)23-12-5-7-14-25(23)27/h2-7,9-14,16-17,27H,18-19H2,1H3,(H,30,31). The van der Waals surface area contributed by atoms with Gasteiger partial charge in [-0.15, -0.1) is 0 Å². The number of nitrogens with one attached hydrogen (secondary N) is 1. The third-order valence-electron chi connectivity index (χ3n) is 5.99. The smallest absolute Gasteiger partial charge is 0.407 e. The first-order valence-corrected chi connectivity index (χ1v) is 10.9. The molecule has 1 aliphatic rings. The largest absolute Gasteiger partial charge is 0.495 e. The predicted molar refractivity (Wildman–Crippen MR) is 130 cm³/mol. The summed E-state index contributed by atoms with van der Waals surface area (Å²) < 4.78 is 11.0. The van der Waals surface area contributed by atoms with Crippen LogP contribution in [0.2, 0.25) is 0 Å². The summed E-state index contributed by atoms with van der Waals surface area (Å²) in [5.41, 5.74) is 5.60. The van der Waals surface area contributed by atoms with Crippen LogP contribution in [-0.4, -0.2) is 26.4 Å². The summed E-state index contributed by atoms with van der Waals surface area (Å²) >= 11 is 0. The summed E-state index contributed by atoms with van der Waals surface area (Å²) in [5.74, 6) is 6.90. The van der Waals surface area contributed by atoms with E-state index in [1.54, 1.807) is 7.11 Å². The van der Waals surface area contributed by atoms with Gasteiger partial charge in [0.1, 0.15) is 12.4 Å². The van der Waals surface area contributed by atoms with Crippen molar-refractivity contribution in [2.24, 2.45) is 0 Å². The molecule has 1 amide bonds. The Kier molecular flexibility index (Phi) is 5.70. The second kappa shape index (κ2) is 9.10. The average Bonchev–Trinajstić information content (AvgIpc) is 3.19. The van der Waals surface area contributed by atoms with E-state index in [0.717, 1.165) is 16.3 Å². The zero-order chi connectivity index (χ0) is 22.6. The molecule has 0 saturated carbocycles. The molecule has 0 aromatic heterocycles. The fraction of sp³-hybridized carbons (Fsp3) is 0.138. The molecule has 0 saturated heterocycles. The first-order valence-electron chi connectivity index (χ1n) is 10.9. The highest BCUT2D eigenvalue weighted by Crippen LogP contribution is 2.44. The molecule has 162 valence electrons. The van der Waals surface area contributed by atoms with E-state index >= 15 is 0 Å². The lowest BCUT2D eigenvalue weighted by atomic mass is 9.98. The monoisotopic (exact) mass is 433 g/mol. The van der Waals surface area contributed by atoms with Crippen molar-refractivity contribution in [2.45, 2.75) is 5.92 Å². The van der Waals surface area contributed by atoms with Crippen molar-refractivity contribution in [1.29, 1.82) is 0 Å². The van der Waals surface area contributed by atoms with Crippen molar-refractivity contribution in [1.82, 2.24) is 5.32 Å². The number of ether oxygens (including phenoxy) is 2. The fourth-order valence-electron chi connectivity index (χ4n) is 4.45. The predicted octanol–water partition coefficient (Wildman–Crippen LogP) is 5.74. The number of fused-ring (bicyclic) bond motifs is 4. The van der Waals surface area contributed by atoms with Crippen LogP contribution in [0.3, 0.4) is 0 Å². The van der Waals surface area contributed by atoms with Crippen LogP contribution in [0, 0.1) is 11.8 Å². The Balaban J connectivity index is 1.24. The molecule has 0 radical (unpaired) electrons. The Morgan fingerprint density at radius 3 is 2.27 bits per heavy atom. The average molecular weight is 434 g/mol. The van der Waals surface area contributed by atoms with Crippen LogP contribution in [0.1, 0.15) is 22.6 Å². The second-order valence-corrected chi connectivity index (χ2v) is 7.84. The minimum atomic E-state index is -0.476. The first kappa shape index (κ1) is 20.7. The Hall–Kier alpha value is -4.23. The third kappa shape index (κ3) is 4.02. The van der Waals surface area contributed by atoms with Crippen LogP contribution in [0.25, 0.3) is 21.9 Å². The number of carbonyl (C=O) groups excluding carboxylic acids is 1. The number of rotatable bonds is 4. The first-order chi connectivity index (χ1) is 16.3. The van der Waals surface area contributed by atoms with Crippen molar-refractivity contribution in [3.05, 3.63) is 102 Å². The van der Waals surface area contributed by atoms with E-state index in [2.05, 4.69) is 41.4 Å². The maximum Gasteiger partial charge on any atom is 0.407 e. The summed E-state index contributed by atoms with van der Waals surface area (Å²) in [6.07, 6.45) is -0.476. The summed E-state index contributed by atoms with van der Waals surface area (Å²) in [6.45, 7) is 0.466. The lowest BCUT2D eigenvalue weighted by Crippen LogP contribution is -2.26. The van der Waals surface area contributed by atoms with Gasteiger partial charge in [0.05, 0.1) is 19.2 Å². The lowest BCUT2D eigenvalue weighted by Gasteiger charge is -2.14. The molecule has 4 nitrogen and oxygen atoms in total. The molecule has 4 heteroatoms. The number of hydrogen-bond donors (Lipinski definition) is 1. The van der Waals surface area contributed by atoms with Gasteiger partial charge in [0.2, 0.25) is 0 Å². The van der Waals surface area contributed by atoms with Crippen LogP contribution < -0.4 is 10.1 Å². The van der Waals surface area contributed by atoms with E-state index in [9.17, 15) is 4.79 Å². The molecule has 0 heterocycles. The normalized spacial score (nSPS) is 11.8. The molecule has 0 unspecified atom stereocenters. The summed E-state index contributed by atoms with van der Waals surface area (Å²) in [4.78, 5) is 12.3. The van der Waals surface area contributed by atoms with Crippen molar-refractivity contribution >= 4 is 16.9 Å². The molecular weight excluding hydrogens is 410 g/mol. The molecule has 0 spiro atoms. The molecule has 33 heavy (non-hydrogen) atoms. The van der Waals surface area contributed by atoms with E-state index < -0.39 is 6.09 Å². The van der Waals surface area contributed by atoms with Gasteiger partial charge in [0.25, 0.3) is 0 Å². The lowest BCUT2D eigenvalue weighted by molar-refractivity contribution is 0.144. The fourth-order valence-corrected chi connectivity index (χ4v) is 4.45. The topological polar surface area (TPSA) is 47.6 Å². The van der Waals surface area contributed by atoms with Gasteiger partial charge in [-0.3, -0.25) is 0 Å². The number of amides is 1. The van der Waals surface area contributed by atoms with Gasteiger partial charge in [-0.25, -0.2) is 4.79 Å². The summed E-state index contributed by atoms with van der Waals surface area (Å²) in [6, 6.07) is 28.5. The van der Waals surface area contributed by atoms with Gasteiger partial charge in [-0.1, -0.05) is 90.7 Å². The molecule has 0 bridgehead atoms. The maximum atomic E-state index is 12.3. The van der Waals surface area contributed by atoms with Crippen molar-refractivity contribution in [2.75, 3.05) is 20.3 Å². The number of methoxy groups -OCH3 is 1. The molecule has 1 N–H and O–H groups in total. The highest BCUT2D eigenvalue weighted by molar-refractivity contribution is 5.90. The van der Waals surface area contributed by atoms with E-state index in [0.29, 0.717) is 5.75 Å². The summed E-state index contributed by atoms with van der Waals surface area (Å²) in [7, 11) is 1.63. The molecule has 4 aromatic rings. The number of carbonyl (C=O) groups is 1. The Morgan fingerprint density at radius 2 is 1.55 bits per heavy atom. The highest BCUT2D eigenvalue weighted by atomic mass is 16.5. The van der Waals surface area contributed by atoms with Crippen LogP contribution in [0.15, 0.2) is 84.9 Å². The van der Waals surface area contributed by atoms with Gasteiger partial charge in [0, 0.05) is 11.3 Å². The van der Waals surface area contributed by atoms with Crippen molar-refractivity contribution in [3.8, 4) is 28.7 Å². The Labute approximate surface area is 193 Å². The number of benzene rings is 4. The zero-order valence-corrected chi connectivity index (χ0v) is 18.3. The van der Waals surface area contributed by atoms with Gasteiger partial charge in [0.15, 0.2) is 0 Å². The summed E-state index contributed by atoms with van der Waals surface area (Å²) in [5, 5.41) is 4.84. The van der Waals surface area contributed by atoms with Gasteiger partial charge in [-0.05, 0) is 33.7 Å². The SMILES string of the molecule is COc1ccc2ccccc2c1C#CCNC(=O)OCC1c2ccccc2-c2ccccc21. The van der Waals surface area contributed by atoms with Gasteiger partial charge >= 0.3 is 6.09 Å². The van der Waals surface area contributed by atoms with Crippen molar-refractivity contribution in [3.63, 3.8) is 0 Å². The van der Waals surface area contributed by atoms with Crippen LogP contribution in [-0.2, 0) is 4.74 Å².